The van der Waals surface area contributed by atoms with E-state index in [2.05, 4.69) is 10.3 Å². The highest BCUT2D eigenvalue weighted by molar-refractivity contribution is 7.92. The van der Waals surface area contributed by atoms with Crippen LogP contribution < -0.4 is 5.32 Å². The molecule has 1 aromatic rings. The van der Waals surface area contributed by atoms with E-state index in [0.29, 0.717) is 11.3 Å². The highest BCUT2D eigenvalue weighted by atomic mass is 32.2. The number of sulfone groups is 1. The molecule has 74 valence electrons. The molecule has 5 nitrogen and oxygen atoms in total. The Kier molecular flexibility index (Phi) is 1.81. The monoisotopic (exact) mass is 212 g/mol. The number of aryl methyl sites for hydroxylation is 1. The van der Waals surface area contributed by atoms with E-state index in [4.69, 9.17) is 0 Å². The molecule has 0 unspecified atom stereocenters. The number of hydrogen-bond acceptors (Lipinski definition) is 4. The molecule has 0 saturated carbocycles. The van der Waals surface area contributed by atoms with Crippen molar-refractivity contribution in [3.8, 4) is 0 Å². The largest absolute Gasteiger partial charge is 0.323 e. The first-order valence-corrected chi connectivity index (χ1v) is 5.64. The number of rotatable bonds is 0. The minimum absolute atomic E-state index is 0.0305. The first kappa shape index (κ1) is 9.14. The van der Waals surface area contributed by atoms with Gasteiger partial charge in [0.25, 0.3) is 0 Å². The number of carbonyl (C=O) groups excluding carboxylic acids is 1. The van der Waals surface area contributed by atoms with Gasteiger partial charge >= 0.3 is 0 Å². The van der Waals surface area contributed by atoms with E-state index in [1.807, 2.05) is 0 Å². The second kappa shape index (κ2) is 2.78. The molecule has 2 heterocycles. The predicted molar refractivity (Wildman–Crippen MR) is 49.7 cm³/mol. The molecule has 0 aliphatic carbocycles. The summed E-state index contributed by atoms with van der Waals surface area (Å²) < 4.78 is 23.0. The van der Waals surface area contributed by atoms with Crippen molar-refractivity contribution in [3.05, 3.63) is 17.8 Å². The van der Waals surface area contributed by atoms with Crippen LogP contribution in [0.5, 0.6) is 0 Å². The average molecular weight is 212 g/mol. The zero-order valence-corrected chi connectivity index (χ0v) is 8.26. The van der Waals surface area contributed by atoms with E-state index in [1.54, 1.807) is 13.0 Å². The van der Waals surface area contributed by atoms with Gasteiger partial charge in [-0.15, -0.1) is 0 Å². The zero-order chi connectivity index (χ0) is 10.3. The Morgan fingerprint density at radius 2 is 2.21 bits per heavy atom. The van der Waals surface area contributed by atoms with Crippen molar-refractivity contribution >= 4 is 21.4 Å². The van der Waals surface area contributed by atoms with E-state index < -0.39 is 21.5 Å². The molecule has 1 aromatic heterocycles. The Labute approximate surface area is 81.1 Å². The quantitative estimate of drug-likeness (QED) is 0.662. The number of fused-ring (bicyclic) bond motifs is 1. The smallest absolute Gasteiger partial charge is 0.240 e. The summed E-state index contributed by atoms with van der Waals surface area (Å²) in [7, 11) is -3.54. The molecule has 0 radical (unpaired) electrons. The molecule has 0 saturated heterocycles. The van der Waals surface area contributed by atoms with Crippen molar-refractivity contribution in [3.63, 3.8) is 0 Å². The van der Waals surface area contributed by atoms with Crippen LogP contribution in [0.2, 0.25) is 0 Å². The fourth-order valence-electron chi connectivity index (χ4n) is 1.34. The molecule has 0 fully saturated rings. The van der Waals surface area contributed by atoms with Gasteiger partial charge < -0.3 is 5.32 Å². The molecule has 0 bridgehead atoms. The maximum atomic E-state index is 11.5. The third-order valence-electron chi connectivity index (χ3n) is 2.00. The molecular formula is C8H8N2O3S. The second-order valence-electron chi connectivity index (χ2n) is 3.12. The summed E-state index contributed by atoms with van der Waals surface area (Å²) in [6.07, 6.45) is 1.42. The number of hydrogen-bond donors (Lipinski definition) is 1. The van der Waals surface area contributed by atoms with E-state index in [-0.39, 0.29) is 5.03 Å². The number of carbonyl (C=O) groups is 1. The lowest BCUT2D eigenvalue weighted by atomic mass is 10.2. The summed E-state index contributed by atoms with van der Waals surface area (Å²) in [5, 5.41) is 2.47. The summed E-state index contributed by atoms with van der Waals surface area (Å²) in [5.74, 6) is -1.02. The van der Waals surface area contributed by atoms with Gasteiger partial charge in [-0.25, -0.2) is 13.4 Å². The molecule has 1 aliphatic rings. The van der Waals surface area contributed by atoms with Gasteiger partial charge in [0, 0.05) is 6.20 Å². The Bertz CT molecular complexity index is 507. The molecule has 14 heavy (non-hydrogen) atoms. The first-order chi connectivity index (χ1) is 6.50. The minimum atomic E-state index is -3.54. The standard InChI is InChI=1S/C8H8N2O3S/c1-5-2-3-9-8-7(5)10-6(11)4-14(8,12)13/h2-3H,4H2,1H3,(H,10,11). The fraction of sp³-hybridized carbons (Fsp3) is 0.250. The maximum Gasteiger partial charge on any atom is 0.240 e. The van der Waals surface area contributed by atoms with Gasteiger partial charge in [0.2, 0.25) is 15.7 Å². The van der Waals surface area contributed by atoms with Gasteiger partial charge in [-0.3, -0.25) is 4.79 Å². The SMILES string of the molecule is Cc1ccnc2c1NC(=O)CS2(=O)=O. The average Bonchev–Trinajstić information content (AvgIpc) is 2.05. The zero-order valence-electron chi connectivity index (χ0n) is 7.44. The van der Waals surface area contributed by atoms with Crippen LogP contribution in [-0.4, -0.2) is 25.1 Å². The van der Waals surface area contributed by atoms with Crippen molar-refractivity contribution in [2.75, 3.05) is 11.1 Å². The fourth-order valence-corrected chi connectivity index (χ4v) is 2.64. The van der Waals surface area contributed by atoms with Crippen LogP contribution in [0.4, 0.5) is 5.69 Å². The summed E-state index contributed by atoms with van der Waals surface area (Å²) in [6, 6.07) is 1.65. The van der Waals surface area contributed by atoms with Crippen LogP contribution in [0.3, 0.4) is 0 Å². The molecule has 1 amide bonds. The van der Waals surface area contributed by atoms with Gasteiger partial charge in [-0.1, -0.05) is 0 Å². The van der Waals surface area contributed by atoms with Crippen LogP contribution >= 0.6 is 0 Å². The number of nitrogens with zero attached hydrogens (tertiary/aromatic N) is 1. The van der Waals surface area contributed by atoms with Crippen molar-refractivity contribution in [1.82, 2.24) is 4.98 Å². The van der Waals surface area contributed by atoms with Crippen molar-refractivity contribution < 1.29 is 13.2 Å². The van der Waals surface area contributed by atoms with Crippen molar-refractivity contribution in [2.24, 2.45) is 0 Å². The molecule has 1 aliphatic heterocycles. The van der Waals surface area contributed by atoms with Crippen LogP contribution in [0.15, 0.2) is 17.3 Å². The van der Waals surface area contributed by atoms with Gasteiger partial charge in [-0.05, 0) is 18.6 Å². The van der Waals surface area contributed by atoms with Crippen molar-refractivity contribution in [1.29, 1.82) is 0 Å². The Morgan fingerprint density at radius 1 is 1.50 bits per heavy atom. The summed E-state index contributed by atoms with van der Waals surface area (Å²) in [4.78, 5) is 14.8. The lowest BCUT2D eigenvalue weighted by Gasteiger charge is -2.17. The third-order valence-corrected chi connectivity index (χ3v) is 3.55. The highest BCUT2D eigenvalue weighted by Crippen LogP contribution is 2.26. The third kappa shape index (κ3) is 1.27. The Morgan fingerprint density at radius 3 is 2.93 bits per heavy atom. The van der Waals surface area contributed by atoms with E-state index in [0.717, 1.165) is 0 Å². The molecule has 0 spiro atoms. The Hall–Kier alpha value is -1.43. The lowest BCUT2D eigenvalue weighted by molar-refractivity contribution is -0.114. The molecule has 2 rings (SSSR count). The summed E-state index contributed by atoms with van der Waals surface area (Å²) in [6.45, 7) is 1.72. The van der Waals surface area contributed by atoms with Gasteiger partial charge in [0.15, 0.2) is 5.03 Å². The van der Waals surface area contributed by atoms with E-state index in [1.165, 1.54) is 6.20 Å². The molecular weight excluding hydrogens is 204 g/mol. The van der Waals surface area contributed by atoms with Crippen molar-refractivity contribution in [2.45, 2.75) is 11.9 Å². The normalized spacial score (nSPS) is 18.5. The van der Waals surface area contributed by atoms with Crippen LogP contribution in [0, 0.1) is 6.92 Å². The number of aromatic nitrogens is 1. The summed E-state index contributed by atoms with van der Waals surface area (Å²) >= 11 is 0. The van der Waals surface area contributed by atoms with Crippen LogP contribution in [0.25, 0.3) is 0 Å². The van der Waals surface area contributed by atoms with Crippen LogP contribution in [-0.2, 0) is 14.6 Å². The Balaban J connectivity index is 2.76. The molecule has 0 atom stereocenters. The number of nitrogens with one attached hydrogen (secondary N) is 1. The second-order valence-corrected chi connectivity index (χ2v) is 5.02. The topological polar surface area (TPSA) is 76.1 Å². The number of pyridine rings is 1. The molecule has 1 N–H and O–H groups in total. The maximum absolute atomic E-state index is 11.5. The van der Waals surface area contributed by atoms with Gasteiger partial charge in [0.1, 0.15) is 5.75 Å². The molecule has 6 heteroatoms. The van der Waals surface area contributed by atoms with Crippen LogP contribution in [0.1, 0.15) is 5.56 Å². The summed E-state index contributed by atoms with van der Waals surface area (Å²) in [5.41, 5.74) is 1.01. The lowest BCUT2D eigenvalue weighted by Crippen LogP contribution is -2.30. The number of amides is 1. The number of anilines is 1. The van der Waals surface area contributed by atoms with Gasteiger partial charge in [-0.2, -0.15) is 0 Å². The highest BCUT2D eigenvalue weighted by Gasteiger charge is 2.30. The van der Waals surface area contributed by atoms with E-state index in [9.17, 15) is 13.2 Å². The minimum Gasteiger partial charge on any atom is -0.323 e. The van der Waals surface area contributed by atoms with Gasteiger partial charge in [0.05, 0.1) is 5.69 Å². The first-order valence-electron chi connectivity index (χ1n) is 3.99. The van der Waals surface area contributed by atoms with E-state index >= 15 is 0 Å². The predicted octanol–water partition coefficient (Wildman–Crippen LogP) is 0.116. The molecule has 0 aromatic carbocycles.